The molecule has 0 spiro atoms. The number of sulfonamides is 1. The fraction of sp³-hybridized carbons (Fsp3) is 0.647. The smallest absolute Gasteiger partial charge is 0.293 e. The molecule has 0 bridgehead atoms. The van der Waals surface area contributed by atoms with Gasteiger partial charge in [-0.2, -0.15) is 4.31 Å². The number of hydrogen-bond acceptors (Lipinski definition) is 6. The standard InChI is InChI=1S/C17H25N3O5S/c1-13-4-2-3-5-15(13)18-16-7-6-14(12-17(16)20(21)22)26(23,24)19-8-10-25-11-9-19/h6-7,12-13,15,18H,2-5,8-11H2,1H3/t13-,15+/m0/s1. The van der Waals surface area contributed by atoms with Crippen molar-refractivity contribution in [1.82, 2.24) is 4.31 Å². The number of nitro groups is 1. The lowest BCUT2D eigenvalue weighted by Gasteiger charge is -2.30. The summed E-state index contributed by atoms with van der Waals surface area (Å²) in [6.07, 6.45) is 4.33. The van der Waals surface area contributed by atoms with Gasteiger partial charge in [-0.1, -0.05) is 19.8 Å². The van der Waals surface area contributed by atoms with E-state index in [1.807, 2.05) is 0 Å². The third kappa shape index (κ3) is 3.99. The van der Waals surface area contributed by atoms with E-state index in [4.69, 9.17) is 4.74 Å². The molecule has 3 rings (SSSR count). The molecule has 1 heterocycles. The van der Waals surface area contributed by atoms with Gasteiger partial charge in [0.1, 0.15) is 5.69 Å². The van der Waals surface area contributed by atoms with Crippen molar-refractivity contribution in [3.8, 4) is 0 Å². The Morgan fingerprint density at radius 3 is 2.58 bits per heavy atom. The summed E-state index contributed by atoms with van der Waals surface area (Å²) in [5.74, 6) is 0.431. The number of morpholine rings is 1. The normalized spacial score (nSPS) is 25.0. The lowest BCUT2D eigenvalue weighted by atomic mass is 9.86. The second kappa shape index (κ2) is 7.89. The van der Waals surface area contributed by atoms with Crippen LogP contribution in [0.25, 0.3) is 0 Å². The number of hydrogen-bond donors (Lipinski definition) is 1. The van der Waals surface area contributed by atoms with Crippen LogP contribution in [0.15, 0.2) is 23.1 Å². The first kappa shape index (κ1) is 19.1. The Kier molecular flexibility index (Phi) is 5.79. The highest BCUT2D eigenvalue weighted by Gasteiger charge is 2.30. The molecule has 2 aliphatic rings. The number of nitrogens with zero attached hydrogens (tertiary/aromatic N) is 2. The molecule has 1 saturated heterocycles. The molecule has 144 valence electrons. The highest BCUT2D eigenvalue weighted by atomic mass is 32.2. The van der Waals surface area contributed by atoms with Gasteiger partial charge in [0.05, 0.1) is 23.0 Å². The summed E-state index contributed by atoms with van der Waals surface area (Å²) in [7, 11) is -3.76. The largest absolute Gasteiger partial charge is 0.379 e. The van der Waals surface area contributed by atoms with Gasteiger partial charge in [-0.15, -0.1) is 0 Å². The first-order chi connectivity index (χ1) is 12.4. The Labute approximate surface area is 153 Å². The van der Waals surface area contributed by atoms with Crippen molar-refractivity contribution in [1.29, 1.82) is 0 Å². The number of rotatable bonds is 5. The summed E-state index contributed by atoms with van der Waals surface area (Å²) in [6, 6.07) is 4.31. The molecule has 1 aliphatic carbocycles. The molecular weight excluding hydrogens is 358 g/mol. The molecule has 1 N–H and O–H groups in total. The molecular formula is C17H25N3O5S. The number of nitrogens with one attached hydrogen (secondary N) is 1. The van der Waals surface area contributed by atoms with Crippen LogP contribution in [0.5, 0.6) is 0 Å². The van der Waals surface area contributed by atoms with E-state index in [1.54, 1.807) is 0 Å². The number of anilines is 1. The summed E-state index contributed by atoms with van der Waals surface area (Å²) < 4.78 is 32.0. The van der Waals surface area contributed by atoms with E-state index in [0.29, 0.717) is 24.8 Å². The quantitative estimate of drug-likeness (QED) is 0.619. The predicted octanol–water partition coefficient (Wildman–Crippen LogP) is 2.61. The molecule has 1 saturated carbocycles. The molecule has 1 aromatic carbocycles. The zero-order chi connectivity index (χ0) is 18.7. The Bertz CT molecular complexity index is 762. The van der Waals surface area contributed by atoms with Crippen molar-refractivity contribution in [2.75, 3.05) is 31.6 Å². The van der Waals surface area contributed by atoms with Crippen molar-refractivity contribution in [2.24, 2.45) is 5.92 Å². The van der Waals surface area contributed by atoms with Gasteiger partial charge in [0.15, 0.2) is 0 Å². The minimum absolute atomic E-state index is 0.0478. The molecule has 9 heteroatoms. The van der Waals surface area contributed by atoms with Crippen LogP contribution in [0.1, 0.15) is 32.6 Å². The summed E-state index contributed by atoms with van der Waals surface area (Å²) in [4.78, 5) is 11.0. The van der Waals surface area contributed by atoms with Crippen molar-refractivity contribution in [2.45, 2.75) is 43.5 Å². The molecule has 1 aliphatic heterocycles. The van der Waals surface area contributed by atoms with Gasteiger partial charge in [-0.05, 0) is 30.9 Å². The van der Waals surface area contributed by atoms with E-state index in [2.05, 4.69) is 12.2 Å². The third-order valence-corrected chi connectivity index (χ3v) is 7.12. The molecule has 0 aromatic heterocycles. The van der Waals surface area contributed by atoms with Gasteiger partial charge < -0.3 is 10.1 Å². The monoisotopic (exact) mass is 383 g/mol. The highest BCUT2D eigenvalue weighted by molar-refractivity contribution is 7.89. The molecule has 0 unspecified atom stereocenters. The van der Waals surface area contributed by atoms with Crippen LogP contribution in [-0.4, -0.2) is 50.0 Å². The number of benzene rings is 1. The van der Waals surface area contributed by atoms with Gasteiger partial charge in [-0.3, -0.25) is 10.1 Å². The Balaban J connectivity index is 1.88. The highest BCUT2D eigenvalue weighted by Crippen LogP contribution is 2.33. The van der Waals surface area contributed by atoms with E-state index in [-0.39, 0.29) is 29.7 Å². The number of nitro benzene ring substituents is 1. The van der Waals surface area contributed by atoms with Crippen molar-refractivity contribution in [3.63, 3.8) is 0 Å². The van der Waals surface area contributed by atoms with Crippen LogP contribution in [-0.2, 0) is 14.8 Å². The summed E-state index contributed by atoms with van der Waals surface area (Å²) >= 11 is 0. The van der Waals surface area contributed by atoms with Crippen LogP contribution in [0, 0.1) is 16.0 Å². The molecule has 0 amide bonds. The molecule has 1 aromatic rings. The second-order valence-electron chi connectivity index (χ2n) is 6.97. The van der Waals surface area contributed by atoms with Crippen LogP contribution in [0.3, 0.4) is 0 Å². The van der Waals surface area contributed by atoms with E-state index >= 15 is 0 Å². The zero-order valence-corrected chi connectivity index (χ0v) is 15.7. The third-order valence-electron chi connectivity index (χ3n) is 5.23. The van der Waals surface area contributed by atoms with Crippen molar-refractivity contribution in [3.05, 3.63) is 28.3 Å². The number of ether oxygens (including phenoxy) is 1. The molecule has 0 radical (unpaired) electrons. The topological polar surface area (TPSA) is 102 Å². The van der Waals surface area contributed by atoms with Crippen LogP contribution in [0.4, 0.5) is 11.4 Å². The molecule has 26 heavy (non-hydrogen) atoms. The van der Waals surface area contributed by atoms with E-state index in [0.717, 1.165) is 19.3 Å². The minimum atomic E-state index is -3.76. The Morgan fingerprint density at radius 2 is 1.92 bits per heavy atom. The lowest BCUT2D eigenvalue weighted by Crippen LogP contribution is -2.40. The maximum atomic E-state index is 12.7. The van der Waals surface area contributed by atoms with Gasteiger partial charge in [0, 0.05) is 25.2 Å². The maximum Gasteiger partial charge on any atom is 0.293 e. The minimum Gasteiger partial charge on any atom is -0.379 e. The van der Waals surface area contributed by atoms with Gasteiger partial charge >= 0.3 is 0 Å². The molecule has 2 atom stereocenters. The van der Waals surface area contributed by atoms with Crippen molar-refractivity contribution >= 4 is 21.4 Å². The van der Waals surface area contributed by atoms with Crippen LogP contribution >= 0.6 is 0 Å². The average Bonchev–Trinajstić information content (AvgIpc) is 2.64. The predicted molar refractivity (Wildman–Crippen MR) is 97.7 cm³/mol. The first-order valence-corrected chi connectivity index (χ1v) is 10.5. The maximum absolute atomic E-state index is 12.7. The summed E-state index contributed by atoms with van der Waals surface area (Å²) in [6.45, 7) is 3.33. The van der Waals surface area contributed by atoms with E-state index in [1.165, 1.54) is 28.9 Å². The SMILES string of the molecule is C[C@H]1CCCC[C@H]1Nc1ccc(S(=O)(=O)N2CCOCC2)cc1[N+](=O)[O-]. The Morgan fingerprint density at radius 1 is 1.23 bits per heavy atom. The van der Waals surface area contributed by atoms with E-state index < -0.39 is 14.9 Å². The first-order valence-electron chi connectivity index (χ1n) is 9.02. The van der Waals surface area contributed by atoms with Gasteiger partial charge in [-0.25, -0.2) is 8.42 Å². The fourth-order valence-electron chi connectivity index (χ4n) is 3.61. The average molecular weight is 383 g/mol. The Hall–Kier alpha value is -1.71. The second-order valence-corrected chi connectivity index (χ2v) is 8.90. The van der Waals surface area contributed by atoms with Gasteiger partial charge in [0.25, 0.3) is 5.69 Å². The van der Waals surface area contributed by atoms with Crippen LogP contribution in [0.2, 0.25) is 0 Å². The van der Waals surface area contributed by atoms with Gasteiger partial charge in [0.2, 0.25) is 10.0 Å². The fourth-order valence-corrected chi connectivity index (χ4v) is 5.04. The summed E-state index contributed by atoms with van der Waals surface area (Å²) in [5, 5.41) is 14.8. The van der Waals surface area contributed by atoms with Crippen LogP contribution < -0.4 is 5.32 Å². The van der Waals surface area contributed by atoms with Crippen molar-refractivity contribution < 1.29 is 18.1 Å². The zero-order valence-electron chi connectivity index (χ0n) is 14.9. The van der Waals surface area contributed by atoms with E-state index in [9.17, 15) is 18.5 Å². The summed E-state index contributed by atoms with van der Waals surface area (Å²) in [5.41, 5.74) is 0.187. The molecule has 2 fully saturated rings. The lowest BCUT2D eigenvalue weighted by molar-refractivity contribution is -0.384. The molecule has 8 nitrogen and oxygen atoms in total.